The normalized spacial score (nSPS) is 12.7. The molecule has 0 radical (unpaired) electrons. The molecule has 1 heterocycles. The third-order valence-electron chi connectivity index (χ3n) is 1.17. The SMILES string of the molecule is O=S(=O)(O)c1cnnc(S(=O)(=O)O)c1. The van der Waals surface area contributed by atoms with E-state index in [1.54, 1.807) is 0 Å². The van der Waals surface area contributed by atoms with E-state index in [1.165, 1.54) is 0 Å². The lowest BCUT2D eigenvalue weighted by molar-refractivity contribution is 0.474. The van der Waals surface area contributed by atoms with Crippen molar-refractivity contribution in [2.45, 2.75) is 9.92 Å². The molecule has 10 heteroatoms. The van der Waals surface area contributed by atoms with E-state index < -0.39 is 30.2 Å². The Morgan fingerprint density at radius 3 is 2.07 bits per heavy atom. The lowest BCUT2D eigenvalue weighted by Crippen LogP contribution is -2.06. The van der Waals surface area contributed by atoms with Crippen molar-refractivity contribution in [3.05, 3.63) is 12.3 Å². The number of nitrogens with zero attached hydrogens (tertiary/aromatic N) is 2. The maximum absolute atomic E-state index is 10.5. The Labute approximate surface area is 79.1 Å². The standard InChI is InChI=1S/C4H4N2O6S2/c7-13(8,9)3-1-4(6-5-2-3)14(10,11)12/h1-2H,(H,7,8,9)(H,10,11,12). The number of aromatic nitrogens is 2. The van der Waals surface area contributed by atoms with Crippen LogP contribution in [0.15, 0.2) is 22.2 Å². The van der Waals surface area contributed by atoms with Gasteiger partial charge in [0.1, 0.15) is 4.90 Å². The van der Waals surface area contributed by atoms with E-state index in [9.17, 15) is 16.8 Å². The molecule has 0 saturated carbocycles. The van der Waals surface area contributed by atoms with Crippen LogP contribution < -0.4 is 0 Å². The minimum atomic E-state index is -4.63. The van der Waals surface area contributed by atoms with Crippen LogP contribution in [0.25, 0.3) is 0 Å². The first kappa shape index (κ1) is 11.0. The highest BCUT2D eigenvalue weighted by molar-refractivity contribution is 7.86. The molecule has 1 aromatic heterocycles. The third-order valence-corrected chi connectivity index (χ3v) is 2.72. The second kappa shape index (κ2) is 3.24. The zero-order valence-electron chi connectivity index (χ0n) is 6.39. The average molecular weight is 240 g/mol. The molecular formula is C4H4N2O6S2. The second-order valence-corrected chi connectivity index (χ2v) is 4.97. The minimum absolute atomic E-state index is 0.484. The van der Waals surface area contributed by atoms with Crippen molar-refractivity contribution < 1.29 is 25.9 Å². The highest BCUT2D eigenvalue weighted by atomic mass is 32.2. The summed E-state index contributed by atoms with van der Waals surface area (Å²) in [6.45, 7) is 0. The van der Waals surface area contributed by atoms with Crippen molar-refractivity contribution in [3.63, 3.8) is 0 Å². The van der Waals surface area contributed by atoms with Gasteiger partial charge in [-0.1, -0.05) is 0 Å². The summed E-state index contributed by atoms with van der Waals surface area (Å²) in [5.41, 5.74) is 0. The van der Waals surface area contributed by atoms with E-state index in [0.29, 0.717) is 12.3 Å². The molecule has 0 spiro atoms. The number of hydrogen-bond acceptors (Lipinski definition) is 6. The molecule has 0 atom stereocenters. The molecule has 0 amide bonds. The van der Waals surface area contributed by atoms with Crippen LogP contribution in [0, 0.1) is 0 Å². The molecule has 0 bridgehead atoms. The Kier molecular flexibility index (Phi) is 2.54. The number of hydrogen-bond donors (Lipinski definition) is 2. The van der Waals surface area contributed by atoms with Crippen LogP contribution in [-0.4, -0.2) is 36.1 Å². The summed E-state index contributed by atoms with van der Waals surface area (Å²) in [6.07, 6.45) is 0.643. The summed E-state index contributed by atoms with van der Waals surface area (Å²) in [6, 6.07) is 0.484. The van der Waals surface area contributed by atoms with E-state index in [-0.39, 0.29) is 0 Å². The molecule has 78 valence electrons. The van der Waals surface area contributed by atoms with Crippen LogP contribution in [0.5, 0.6) is 0 Å². The Hall–Kier alpha value is -1.10. The topological polar surface area (TPSA) is 135 Å². The fourth-order valence-corrected chi connectivity index (χ4v) is 1.54. The van der Waals surface area contributed by atoms with Crippen LogP contribution in [-0.2, 0) is 20.2 Å². The third kappa shape index (κ3) is 2.45. The minimum Gasteiger partial charge on any atom is -0.282 e. The van der Waals surface area contributed by atoms with Gasteiger partial charge in [-0.15, -0.1) is 5.10 Å². The van der Waals surface area contributed by atoms with Gasteiger partial charge in [0, 0.05) is 6.07 Å². The van der Waals surface area contributed by atoms with Crippen molar-refractivity contribution in [1.82, 2.24) is 10.2 Å². The lowest BCUT2D eigenvalue weighted by atomic mass is 10.6. The first-order valence-corrected chi connectivity index (χ1v) is 5.87. The Bertz CT molecular complexity index is 500. The fourth-order valence-electron chi connectivity index (χ4n) is 0.598. The van der Waals surface area contributed by atoms with Crippen LogP contribution in [0.2, 0.25) is 0 Å². The predicted molar refractivity (Wildman–Crippen MR) is 41.7 cm³/mol. The quantitative estimate of drug-likeness (QED) is 0.626. The fraction of sp³-hybridized carbons (Fsp3) is 0. The predicted octanol–water partition coefficient (Wildman–Crippen LogP) is -1.03. The molecule has 0 aliphatic heterocycles. The molecular weight excluding hydrogens is 236 g/mol. The Morgan fingerprint density at radius 1 is 1.07 bits per heavy atom. The molecule has 0 unspecified atom stereocenters. The summed E-state index contributed by atoms with van der Waals surface area (Å²) < 4.78 is 59.0. The molecule has 0 fully saturated rings. The molecule has 14 heavy (non-hydrogen) atoms. The average Bonchev–Trinajstić information content (AvgIpc) is 2.01. The highest BCUT2D eigenvalue weighted by Gasteiger charge is 2.17. The van der Waals surface area contributed by atoms with Gasteiger partial charge in [0.2, 0.25) is 5.03 Å². The Balaban J connectivity index is 3.44. The van der Waals surface area contributed by atoms with Crippen LogP contribution in [0.4, 0.5) is 0 Å². The Morgan fingerprint density at radius 2 is 1.64 bits per heavy atom. The van der Waals surface area contributed by atoms with E-state index in [2.05, 4.69) is 10.2 Å². The van der Waals surface area contributed by atoms with Crippen molar-refractivity contribution in [3.8, 4) is 0 Å². The van der Waals surface area contributed by atoms with Crippen molar-refractivity contribution >= 4 is 20.2 Å². The maximum Gasteiger partial charge on any atom is 0.314 e. The zero-order valence-corrected chi connectivity index (χ0v) is 8.03. The van der Waals surface area contributed by atoms with Crippen LogP contribution in [0.3, 0.4) is 0 Å². The first-order chi connectivity index (χ1) is 6.21. The van der Waals surface area contributed by atoms with E-state index in [1.807, 2.05) is 0 Å². The molecule has 0 aromatic carbocycles. The second-order valence-electron chi connectivity index (χ2n) is 2.18. The molecule has 1 aromatic rings. The van der Waals surface area contributed by atoms with Gasteiger partial charge in [-0.25, -0.2) is 0 Å². The first-order valence-electron chi connectivity index (χ1n) is 2.99. The van der Waals surface area contributed by atoms with Crippen molar-refractivity contribution in [2.75, 3.05) is 0 Å². The van der Waals surface area contributed by atoms with Gasteiger partial charge >= 0.3 is 10.1 Å². The van der Waals surface area contributed by atoms with Gasteiger partial charge in [-0.3, -0.25) is 9.11 Å². The van der Waals surface area contributed by atoms with Crippen molar-refractivity contribution in [1.29, 1.82) is 0 Å². The summed E-state index contributed by atoms with van der Waals surface area (Å²) >= 11 is 0. The van der Waals surface area contributed by atoms with Gasteiger partial charge in [-0.05, 0) is 0 Å². The monoisotopic (exact) mass is 240 g/mol. The summed E-state index contributed by atoms with van der Waals surface area (Å²) in [5.74, 6) is 0. The van der Waals surface area contributed by atoms with Gasteiger partial charge in [0.25, 0.3) is 10.1 Å². The van der Waals surface area contributed by atoms with E-state index >= 15 is 0 Å². The van der Waals surface area contributed by atoms with Gasteiger partial charge < -0.3 is 0 Å². The summed E-state index contributed by atoms with van der Waals surface area (Å²) in [5, 5.41) is 5.00. The zero-order chi connectivity index (χ0) is 11.0. The van der Waals surface area contributed by atoms with Gasteiger partial charge in [-0.2, -0.15) is 21.9 Å². The molecule has 8 nitrogen and oxygen atoms in total. The van der Waals surface area contributed by atoms with Gasteiger partial charge in [0.05, 0.1) is 6.20 Å². The maximum atomic E-state index is 10.5. The lowest BCUT2D eigenvalue weighted by Gasteiger charge is -1.97. The molecule has 0 aliphatic rings. The van der Waals surface area contributed by atoms with E-state index in [0.717, 1.165) is 0 Å². The molecule has 1 rings (SSSR count). The molecule has 0 saturated heterocycles. The van der Waals surface area contributed by atoms with Crippen LogP contribution >= 0.6 is 0 Å². The van der Waals surface area contributed by atoms with Crippen LogP contribution in [0.1, 0.15) is 0 Å². The smallest absolute Gasteiger partial charge is 0.282 e. The van der Waals surface area contributed by atoms with Crippen molar-refractivity contribution in [2.24, 2.45) is 0 Å². The number of rotatable bonds is 2. The van der Waals surface area contributed by atoms with Gasteiger partial charge in [0.15, 0.2) is 0 Å². The summed E-state index contributed by atoms with van der Waals surface area (Å²) in [7, 11) is -9.20. The highest BCUT2D eigenvalue weighted by Crippen LogP contribution is 2.10. The largest absolute Gasteiger partial charge is 0.314 e. The van der Waals surface area contributed by atoms with E-state index in [4.69, 9.17) is 9.11 Å². The molecule has 0 aliphatic carbocycles. The summed E-state index contributed by atoms with van der Waals surface area (Å²) in [4.78, 5) is -0.764. The molecule has 2 N–H and O–H groups in total.